The van der Waals surface area contributed by atoms with Crippen LogP contribution in [0.25, 0.3) is 0 Å². The topological polar surface area (TPSA) is 108 Å². The summed E-state index contributed by atoms with van der Waals surface area (Å²) in [5, 5.41) is 0. The lowest BCUT2D eigenvalue weighted by atomic mass is 10.0. The van der Waals surface area contributed by atoms with Crippen LogP contribution in [0.3, 0.4) is 0 Å². The molecule has 9 heteroatoms. The van der Waals surface area contributed by atoms with E-state index in [1.54, 1.807) is 44.2 Å². The number of ether oxygens (including phenoxy) is 4. The second-order valence-corrected chi connectivity index (χ2v) is 5.86. The molecule has 1 aromatic carbocycles. The van der Waals surface area contributed by atoms with Crippen molar-refractivity contribution in [1.29, 1.82) is 0 Å². The molecule has 0 atom stereocenters. The Labute approximate surface area is 169 Å². The number of carbonyl (C=O) groups excluding carboxylic acids is 4. The van der Waals surface area contributed by atoms with Gasteiger partial charge in [-0.05, 0) is 26.0 Å². The second-order valence-electron chi connectivity index (χ2n) is 5.86. The van der Waals surface area contributed by atoms with E-state index in [9.17, 15) is 19.2 Å². The van der Waals surface area contributed by atoms with Gasteiger partial charge in [0, 0.05) is 5.69 Å². The summed E-state index contributed by atoms with van der Waals surface area (Å²) in [7, 11) is 2.26. The van der Waals surface area contributed by atoms with E-state index in [0.717, 1.165) is 14.2 Å². The van der Waals surface area contributed by atoms with Crippen molar-refractivity contribution in [2.24, 2.45) is 0 Å². The van der Waals surface area contributed by atoms with E-state index in [1.807, 2.05) is 0 Å². The molecule has 0 amide bonds. The number of hydrogen-bond donors (Lipinski definition) is 0. The van der Waals surface area contributed by atoms with Crippen LogP contribution in [-0.2, 0) is 38.1 Å². The van der Waals surface area contributed by atoms with E-state index in [0.29, 0.717) is 5.69 Å². The zero-order valence-corrected chi connectivity index (χ0v) is 17.1. The minimum absolute atomic E-state index is 0.147. The highest BCUT2D eigenvalue weighted by molar-refractivity contribution is 6.03. The van der Waals surface area contributed by atoms with Gasteiger partial charge in [-0.25, -0.2) is 9.59 Å². The predicted octanol–water partition coefficient (Wildman–Crippen LogP) is 1.48. The normalized spacial score (nSPS) is 10.4. The quantitative estimate of drug-likeness (QED) is 0.305. The van der Waals surface area contributed by atoms with Gasteiger partial charge in [-0.1, -0.05) is 18.2 Å². The number of rotatable bonds is 11. The monoisotopic (exact) mass is 409 g/mol. The molecule has 0 aromatic heterocycles. The summed E-state index contributed by atoms with van der Waals surface area (Å²) < 4.78 is 19.6. The SMILES string of the molecule is CCOC(=O)CC(CC(=O)OCC)N(c1ccccc1)C(C(=O)OC)C(=O)OC. The number of esters is 4. The van der Waals surface area contributed by atoms with Crippen LogP contribution < -0.4 is 4.90 Å². The van der Waals surface area contributed by atoms with E-state index in [1.165, 1.54) is 4.90 Å². The minimum Gasteiger partial charge on any atom is -0.467 e. The smallest absolute Gasteiger partial charge is 0.340 e. The van der Waals surface area contributed by atoms with Crippen molar-refractivity contribution in [3.8, 4) is 0 Å². The van der Waals surface area contributed by atoms with Crippen LogP contribution in [-0.4, -0.2) is 63.4 Å². The van der Waals surface area contributed by atoms with E-state index < -0.39 is 36.0 Å². The maximum absolute atomic E-state index is 12.5. The van der Waals surface area contributed by atoms with Crippen LogP contribution in [0.15, 0.2) is 30.3 Å². The molecule has 0 radical (unpaired) electrons. The van der Waals surface area contributed by atoms with Crippen molar-refractivity contribution in [2.75, 3.05) is 32.3 Å². The molecule has 0 N–H and O–H groups in total. The van der Waals surface area contributed by atoms with Gasteiger partial charge in [-0.2, -0.15) is 0 Å². The minimum atomic E-state index is -1.53. The molecule has 0 saturated carbocycles. The number of methoxy groups -OCH3 is 2. The zero-order valence-electron chi connectivity index (χ0n) is 17.1. The molecule has 0 bridgehead atoms. The molecule has 0 spiro atoms. The maximum Gasteiger partial charge on any atom is 0.340 e. The summed E-state index contributed by atoms with van der Waals surface area (Å²) in [6, 6.07) is 5.97. The summed E-state index contributed by atoms with van der Waals surface area (Å²) in [4.78, 5) is 50.6. The van der Waals surface area contributed by atoms with Gasteiger partial charge >= 0.3 is 23.9 Å². The number of para-hydroxylation sites is 1. The molecular formula is C20H27NO8. The summed E-state index contributed by atoms with van der Waals surface area (Å²) in [6.45, 7) is 3.60. The molecule has 1 rings (SSSR count). The van der Waals surface area contributed by atoms with Crippen molar-refractivity contribution >= 4 is 29.6 Å². The van der Waals surface area contributed by atoms with Crippen LogP contribution in [0.1, 0.15) is 26.7 Å². The number of hydrogen-bond acceptors (Lipinski definition) is 9. The van der Waals surface area contributed by atoms with E-state index >= 15 is 0 Å². The first-order valence-corrected chi connectivity index (χ1v) is 9.19. The highest BCUT2D eigenvalue weighted by Crippen LogP contribution is 2.25. The Bertz CT molecular complexity index is 655. The molecule has 9 nitrogen and oxygen atoms in total. The number of nitrogens with zero attached hydrogens (tertiary/aromatic N) is 1. The first-order valence-electron chi connectivity index (χ1n) is 9.19. The molecular weight excluding hydrogens is 382 g/mol. The Morgan fingerprint density at radius 1 is 0.828 bits per heavy atom. The third-order valence-electron chi connectivity index (χ3n) is 3.99. The van der Waals surface area contributed by atoms with Crippen molar-refractivity contribution in [3.05, 3.63) is 30.3 Å². The second kappa shape index (κ2) is 12.4. The maximum atomic E-state index is 12.5. The zero-order chi connectivity index (χ0) is 21.8. The fraction of sp³-hybridized carbons (Fsp3) is 0.500. The van der Waals surface area contributed by atoms with Crippen LogP contribution in [0, 0.1) is 0 Å². The molecule has 1 aromatic rings. The lowest BCUT2D eigenvalue weighted by Gasteiger charge is -2.36. The molecule has 160 valence electrons. The fourth-order valence-electron chi connectivity index (χ4n) is 2.81. The van der Waals surface area contributed by atoms with Gasteiger partial charge < -0.3 is 23.8 Å². The first kappa shape index (κ1) is 23.9. The van der Waals surface area contributed by atoms with Crippen LogP contribution in [0.5, 0.6) is 0 Å². The lowest BCUT2D eigenvalue weighted by molar-refractivity contribution is -0.156. The van der Waals surface area contributed by atoms with Crippen molar-refractivity contribution < 1.29 is 38.1 Å². The van der Waals surface area contributed by atoms with Crippen LogP contribution in [0.4, 0.5) is 5.69 Å². The molecule has 0 heterocycles. The summed E-state index contributed by atoms with van der Waals surface area (Å²) >= 11 is 0. The number of benzene rings is 1. The van der Waals surface area contributed by atoms with Gasteiger partial charge in [-0.3, -0.25) is 9.59 Å². The lowest BCUT2D eigenvalue weighted by Crippen LogP contribution is -2.54. The largest absolute Gasteiger partial charge is 0.467 e. The van der Waals surface area contributed by atoms with Crippen LogP contribution in [0.2, 0.25) is 0 Å². The fourth-order valence-corrected chi connectivity index (χ4v) is 2.81. The Kier molecular flexibility index (Phi) is 10.2. The summed E-state index contributed by atoms with van der Waals surface area (Å²) in [5.41, 5.74) is 0.423. The van der Waals surface area contributed by atoms with Gasteiger partial charge in [0.2, 0.25) is 6.04 Å². The van der Waals surface area contributed by atoms with Gasteiger partial charge in [0.15, 0.2) is 0 Å². The van der Waals surface area contributed by atoms with Crippen molar-refractivity contribution in [1.82, 2.24) is 0 Å². The highest BCUT2D eigenvalue weighted by Gasteiger charge is 2.41. The van der Waals surface area contributed by atoms with Gasteiger partial charge in [0.25, 0.3) is 0 Å². The standard InChI is InChI=1S/C20H27NO8/c1-5-28-16(22)12-15(13-17(23)29-6-2)21(14-10-8-7-9-11-14)18(19(24)26-3)20(25)27-4/h7-11,15,18H,5-6,12-13H2,1-4H3. The van der Waals surface area contributed by atoms with Gasteiger partial charge in [0.1, 0.15) is 0 Å². The number of carbonyl (C=O) groups is 4. The van der Waals surface area contributed by atoms with E-state index in [2.05, 4.69) is 0 Å². The molecule has 0 aliphatic heterocycles. The molecule has 0 aliphatic rings. The number of anilines is 1. The third-order valence-corrected chi connectivity index (χ3v) is 3.99. The van der Waals surface area contributed by atoms with Gasteiger partial charge in [-0.15, -0.1) is 0 Å². The van der Waals surface area contributed by atoms with E-state index in [4.69, 9.17) is 18.9 Å². The van der Waals surface area contributed by atoms with Crippen molar-refractivity contribution in [3.63, 3.8) is 0 Å². The molecule has 0 fully saturated rings. The van der Waals surface area contributed by atoms with Crippen molar-refractivity contribution in [2.45, 2.75) is 38.8 Å². The Hall–Kier alpha value is -3.10. The Morgan fingerprint density at radius 2 is 1.28 bits per heavy atom. The Balaban J connectivity index is 3.47. The average molecular weight is 409 g/mol. The van der Waals surface area contributed by atoms with E-state index in [-0.39, 0.29) is 26.1 Å². The predicted molar refractivity (Wildman–Crippen MR) is 103 cm³/mol. The molecule has 0 saturated heterocycles. The van der Waals surface area contributed by atoms with Crippen LogP contribution >= 0.6 is 0 Å². The average Bonchev–Trinajstić information content (AvgIpc) is 2.71. The molecule has 0 unspecified atom stereocenters. The van der Waals surface area contributed by atoms with Gasteiger partial charge in [0.05, 0.1) is 46.3 Å². The highest BCUT2D eigenvalue weighted by atomic mass is 16.5. The molecule has 29 heavy (non-hydrogen) atoms. The summed E-state index contributed by atoms with van der Waals surface area (Å²) in [6.07, 6.45) is -0.516. The molecule has 0 aliphatic carbocycles. The Morgan fingerprint density at radius 3 is 1.66 bits per heavy atom. The first-order chi connectivity index (χ1) is 13.9. The third kappa shape index (κ3) is 7.10. The summed E-state index contributed by atoms with van der Waals surface area (Å²) in [5.74, 6) is -2.95.